The van der Waals surface area contributed by atoms with Crippen molar-refractivity contribution in [1.29, 1.82) is 0 Å². The second kappa shape index (κ2) is 5.10. The van der Waals surface area contributed by atoms with Crippen molar-refractivity contribution < 1.29 is 18.9 Å². The molecule has 66 valence electrons. The van der Waals surface area contributed by atoms with Gasteiger partial charge in [-0.15, -0.1) is 12.2 Å². The molecule has 0 saturated carbocycles. The van der Waals surface area contributed by atoms with Crippen LogP contribution in [0.5, 0.6) is 0 Å². The zero-order chi connectivity index (χ0) is 9.10. The van der Waals surface area contributed by atoms with E-state index in [0.29, 0.717) is 0 Å². The van der Waals surface area contributed by atoms with E-state index in [1.165, 1.54) is 10.8 Å². The molecule has 0 unspecified atom stereocenters. The van der Waals surface area contributed by atoms with Crippen molar-refractivity contribution in [3.05, 3.63) is 47.8 Å². The molecule has 0 N–H and O–H groups in total. The molecule has 1 nitrogen and oxygen atoms in total. The fourth-order valence-electron chi connectivity index (χ4n) is 1.52. The number of hydrogen-bond acceptors (Lipinski definition) is 0. The molecular weight excluding hydrogens is 165 g/mol. The molecule has 2 aromatic rings. The first-order chi connectivity index (χ1) is 6.42. The smallest absolute Gasteiger partial charge is 0.684 e. The van der Waals surface area contributed by atoms with Gasteiger partial charge in [0, 0.05) is 0 Å². The monoisotopic (exact) mass is 177 g/mol. The minimum absolute atomic E-state index is 0. The van der Waals surface area contributed by atoms with Gasteiger partial charge in [0.25, 0.3) is 0 Å². The zero-order valence-electron chi connectivity index (χ0n) is 8.70. The van der Waals surface area contributed by atoms with Crippen LogP contribution in [-0.2, 0) is 0 Å². The predicted molar refractivity (Wildman–Crippen MR) is 57.5 cm³/mol. The average molecular weight is 177 g/mol. The number of nitrogens with zero attached hydrogens (tertiary/aromatic N) is 1. The van der Waals surface area contributed by atoms with Gasteiger partial charge in [-0.2, -0.15) is 0 Å². The van der Waals surface area contributed by atoms with E-state index in [9.17, 15) is 0 Å². The van der Waals surface area contributed by atoms with Crippen LogP contribution < -0.4 is 18.9 Å². The third-order valence-corrected chi connectivity index (χ3v) is 2.10. The van der Waals surface area contributed by atoms with Gasteiger partial charge in [0.2, 0.25) is 0 Å². The Morgan fingerprint density at radius 3 is 2.50 bits per heavy atom. The molecule has 2 aromatic carbocycles. The van der Waals surface area contributed by atoms with Gasteiger partial charge in [-0.25, -0.2) is 0 Å². The van der Waals surface area contributed by atoms with E-state index in [4.69, 9.17) is 0 Å². The molecule has 2 heteroatoms. The zero-order valence-corrected chi connectivity index (χ0v) is 8.70. The SMILES string of the molecule is CC[N-]c1cccc2ccccc12.[Li+]. The van der Waals surface area contributed by atoms with E-state index in [0.717, 1.165) is 12.2 Å². The minimum atomic E-state index is 0. The van der Waals surface area contributed by atoms with E-state index in [1.54, 1.807) is 0 Å². The summed E-state index contributed by atoms with van der Waals surface area (Å²) in [7, 11) is 0. The quantitative estimate of drug-likeness (QED) is 0.604. The second-order valence-electron chi connectivity index (χ2n) is 2.97. The molecule has 0 saturated heterocycles. The standard InChI is InChI=1S/C12H12N.Li/c1-2-13-12-9-5-7-10-6-3-4-8-11(10)12;/h3-9H,2H2,1H3;/q-1;+1. The van der Waals surface area contributed by atoms with E-state index < -0.39 is 0 Å². The van der Waals surface area contributed by atoms with Crippen molar-refractivity contribution in [2.24, 2.45) is 0 Å². The summed E-state index contributed by atoms with van der Waals surface area (Å²) in [5.74, 6) is 0. The van der Waals surface area contributed by atoms with Gasteiger partial charge >= 0.3 is 18.9 Å². The molecule has 0 heterocycles. The summed E-state index contributed by atoms with van der Waals surface area (Å²) in [6.45, 7) is 2.90. The third kappa shape index (κ3) is 2.12. The summed E-state index contributed by atoms with van der Waals surface area (Å²) in [4.78, 5) is 0. The van der Waals surface area contributed by atoms with Gasteiger partial charge in [0.15, 0.2) is 0 Å². The van der Waals surface area contributed by atoms with E-state index in [-0.39, 0.29) is 18.9 Å². The molecule has 0 atom stereocenters. The first-order valence-electron chi connectivity index (χ1n) is 4.57. The molecule has 0 aliphatic rings. The maximum atomic E-state index is 4.43. The molecule has 0 fully saturated rings. The van der Waals surface area contributed by atoms with Crippen molar-refractivity contribution >= 4 is 16.5 Å². The molecule has 0 radical (unpaired) electrons. The van der Waals surface area contributed by atoms with Gasteiger partial charge in [-0.3, -0.25) is 0 Å². The number of benzene rings is 2. The van der Waals surface area contributed by atoms with E-state index in [2.05, 4.69) is 54.7 Å². The molecule has 2 rings (SSSR count). The first-order valence-corrected chi connectivity index (χ1v) is 4.57. The normalized spacial score (nSPS) is 9.50. The minimum Gasteiger partial charge on any atom is -0.684 e. The summed E-state index contributed by atoms with van der Waals surface area (Å²) in [6, 6.07) is 14.6. The first kappa shape index (κ1) is 11.2. The molecule has 0 aliphatic heterocycles. The van der Waals surface area contributed by atoms with Crippen LogP contribution in [0.3, 0.4) is 0 Å². The topological polar surface area (TPSA) is 14.1 Å². The summed E-state index contributed by atoms with van der Waals surface area (Å²) < 4.78 is 0. The van der Waals surface area contributed by atoms with Crippen molar-refractivity contribution in [3.8, 4) is 0 Å². The van der Waals surface area contributed by atoms with Crippen molar-refractivity contribution in [1.82, 2.24) is 0 Å². The summed E-state index contributed by atoms with van der Waals surface area (Å²) in [5, 5.41) is 6.94. The van der Waals surface area contributed by atoms with Crippen LogP contribution in [-0.4, -0.2) is 6.54 Å². The van der Waals surface area contributed by atoms with E-state index >= 15 is 0 Å². The average Bonchev–Trinajstić information content (AvgIpc) is 2.19. The Labute approximate surface area is 96.7 Å². The molecule has 0 bridgehead atoms. The van der Waals surface area contributed by atoms with Gasteiger partial charge in [0.1, 0.15) is 0 Å². The van der Waals surface area contributed by atoms with Crippen LogP contribution in [0.1, 0.15) is 6.92 Å². The van der Waals surface area contributed by atoms with Crippen molar-refractivity contribution in [3.63, 3.8) is 0 Å². The van der Waals surface area contributed by atoms with Gasteiger partial charge in [0.05, 0.1) is 0 Å². The molecule has 0 amide bonds. The van der Waals surface area contributed by atoms with Crippen molar-refractivity contribution in [2.75, 3.05) is 6.54 Å². The predicted octanol–water partition coefficient (Wildman–Crippen LogP) is 0.869. The van der Waals surface area contributed by atoms with Crippen LogP contribution in [0.15, 0.2) is 42.5 Å². The van der Waals surface area contributed by atoms with Gasteiger partial charge in [-0.1, -0.05) is 49.4 Å². The Morgan fingerprint density at radius 2 is 1.71 bits per heavy atom. The largest absolute Gasteiger partial charge is 1.00 e. The fraction of sp³-hybridized carbons (Fsp3) is 0.167. The van der Waals surface area contributed by atoms with E-state index in [1.807, 2.05) is 0 Å². The summed E-state index contributed by atoms with van der Waals surface area (Å²) in [5.41, 5.74) is 1.10. The Hall–Kier alpha value is -0.903. The van der Waals surface area contributed by atoms with Gasteiger partial charge in [-0.05, 0) is 10.8 Å². The Bertz CT molecular complexity index is 406. The fourth-order valence-corrected chi connectivity index (χ4v) is 1.52. The summed E-state index contributed by atoms with van der Waals surface area (Å²) >= 11 is 0. The maximum Gasteiger partial charge on any atom is 1.00 e. The molecule has 0 aromatic heterocycles. The third-order valence-electron chi connectivity index (χ3n) is 2.10. The van der Waals surface area contributed by atoms with Crippen LogP contribution in [0.2, 0.25) is 0 Å². The Balaban J connectivity index is 0.000000980. The van der Waals surface area contributed by atoms with Gasteiger partial charge < -0.3 is 5.32 Å². The van der Waals surface area contributed by atoms with Crippen LogP contribution in [0.4, 0.5) is 5.69 Å². The Kier molecular flexibility index (Phi) is 4.07. The summed E-state index contributed by atoms with van der Waals surface area (Å²) in [6.07, 6.45) is 0. The maximum absolute atomic E-state index is 4.43. The molecule has 14 heavy (non-hydrogen) atoms. The molecule has 0 aliphatic carbocycles. The molecule has 0 spiro atoms. The molecular formula is C12H12LiN. The van der Waals surface area contributed by atoms with Crippen LogP contribution in [0, 0.1) is 0 Å². The van der Waals surface area contributed by atoms with Crippen LogP contribution >= 0.6 is 0 Å². The van der Waals surface area contributed by atoms with Crippen LogP contribution in [0.25, 0.3) is 16.1 Å². The number of fused-ring (bicyclic) bond motifs is 1. The number of rotatable bonds is 2. The number of hydrogen-bond donors (Lipinski definition) is 0. The van der Waals surface area contributed by atoms with Crippen molar-refractivity contribution in [2.45, 2.75) is 6.92 Å². The Morgan fingerprint density at radius 1 is 1.00 bits per heavy atom. The second-order valence-corrected chi connectivity index (χ2v) is 2.97.